The summed E-state index contributed by atoms with van der Waals surface area (Å²) in [5.41, 5.74) is 1.07. The van der Waals surface area contributed by atoms with Gasteiger partial charge in [0.15, 0.2) is 5.76 Å². The van der Waals surface area contributed by atoms with Crippen LogP contribution in [0, 0.1) is 15.9 Å². The molecule has 3 heterocycles. The molecule has 33 heavy (non-hydrogen) atoms. The second-order valence-electron chi connectivity index (χ2n) is 7.66. The summed E-state index contributed by atoms with van der Waals surface area (Å²) < 4.78 is 18.7. The van der Waals surface area contributed by atoms with Crippen molar-refractivity contribution in [2.75, 3.05) is 13.1 Å². The van der Waals surface area contributed by atoms with Crippen LogP contribution in [0.4, 0.5) is 10.1 Å². The van der Waals surface area contributed by atoms with Gasteiger partial charge in [-0.3, -0.25) is 29.4 Å². The minimum Gasteiger partial charge on any atom is -0.356 e. The van der Waals surface area contributed by atoms with Gasteiger partial charge in [-0.1, -0.05) is 11.2 Å². The van der Waals surface area contributed by atoms with Crippen molar-refractivity contribution in [2.45, 2.75) is 13.0 Å². The summed E-state index contributed by atoms with van der Waals surface area (Å²) in [6, 6.07) is 9.46. The zero-order valence-electron chi connectivity index (χ0n) is 17.0. The van der Waals surface area contributed by atoms with Gasteiger partial charge in [-0.2, -0.15) is 0 Å². The van der Waals surface area contributed by atoms with Crippen molar-refractivity contribution in [1.82, 2.24) is 15.0 Å². The number of hydrogen-bond acceptors (Lipinski definition) is 7. The maximum Gasteiger partial charge on any atom is 0.282 e. The second kappa shape index (κ2) is 7.62. The number of aromatic nitrogens is 1. The Balaban J connectivity index is 1.36. The van der Waals surface area contributed by atoms with Crippen molar-refractivity contribution in [1.29, 1.82) is 0 Å². The number of nitrogens with zero attached hydrogens (tertiary/aromatic N) is 4. The van der Waals surface area contributed by atoms with Crippen LogP contribution < -0.4 is 0 Å². The van der Waals surface area contributed by atoms with E-state index in [1.165, 1.54) is 29.2 Å². The highest BCUT2D eigenvalue weighted by Crippen LogP contribution is 2.32. The number of imide groups is 1. The first-order valence-corrected chi connectivity index (χ1v) is 10.00. The number of halogens is 1. The average Bonchev–Trinajstić information content (AvgIpc) is 3.34. The van der Waals surface area contributed by atoms with E-state index in [2.05, 4.69) is 5.16 Å². The minimum atomic E-state index is -0.870. The number of rotatable bonds is 4. The molecule has 0 saturated heterocycles. The number of nitro groups is 1. The van der Waals surface area contributed by atoms with Gasteiger partial charge in [0.1, 0.15) is 17.9 Å². The van der Waals surface area contributed by atoms with Crippen molar-refractivity contribution in [3.63, 3.8) is 0 Å². The fourth-order valence-corrected chi connectivity index (χ4v) is 4.10. The van der Waals surface area contributed by atoms with Gasteiger partial charge in [0.25, 0.3) is 17.5 Å². The Labute approximate surface area is 185 Å². The number of carbonyl (C=O) groups is 3. The fraction of sp³-hybridized carbons (Fsp3) is 0.182. The first-order chi connectivity index (χ1) is 15.8. The molecule has 0 spiro atoms. The van der Waals surface area contributed by atoms with Gasteiger partial charge in [0, 0.05) is 30.2 Å². The maximum absolute atomic E-state index is 13.3. The Hall–Kier alpha value is -4.41. The minimum absolute atomic E-state index is 0.0967. The van der Waals surface area contributed by atoms with E-state index in [1.54, 1.807) is 12.1 Å². The first kappa shape index (κ1) is 20.5. The van der Waals surface area contributed by atoms with Crippen LogP contribution in [0.25, 0.3) is 11.3 Å². The average molecular weight is 450 g/mol. The molecule has 0 N–H and O–H groups in total. The van der Waals surface area contributed by atoms with Crippen LogP contribution in [-0.2, 0) is 17.8 Å². The summed E-state index contributed by atoms with van der Waals surface area (Å²) >= 11 is 0. The molecule has 2 aromatic carbocycles. The van der Waals surface area contributed by atoms with Gasteiger partial charge in [0.05, 0.1) is 22.7 Å². The van der Waals surface area contributed by atoms with E-state index < -0.39 is 40.7 Å². The lowest BCUT2D eigenvalue weighted by atomic mass is 10.0. The quantitative estimate of drug-likeness (QED) is 0.340. The normalized spacial score (nSPS) is 14.9. The molecule has 3 amide bonds. The molecule has 0 fully saturated rings. The van der Waals surface area contributed by atoms with Crippen molar-refractivity contribution in [2.24, 2.45) is 0 Å². The van der Waals surface area contributed by atoms with Crippen LogP contribution in [0.5, 0.6) is 0 Å². The van der Waals surface area contributed by atoms with E-state index >= 15 is 0 Å². The van der Waals surface area contributed by atoms with Crippen LogP contribution in [0.2, 0.25) is 0 Å². The molecule has 2 aliphatic rings. The molecule has 1 aromatic heterocycles. The third-order valence-electron chi connectivity index (χ3n) is 5.76. The zero-order chi connectivity index (χ0) is 23.3. The Bertz CT molecular complexity index is 1330. The van der Waals surface area contributed by atoms with E-state index in [0.29, 0.717) is 35.5 Å². The fourth-order valence-electron chi connectivity index (χ4n) is 4.10. The maximum atomic E-state index is 13.3. The highest BCUT2D eigenvalue weighted by molar-refractivity contribution is 6.24. The highest BCUT2D eigenvalue weighted by Gasteiger charge is 2.42. The van der Waals surface area contributed by atoms with Gasteiger partial charge < -0.3 is 9.42 Å². The predicted octanol–water partition coefficient (Wildman–Crippen LogP) is 2.57. The lowest BCUT2D eigenvalue weighted by Gasteiger charge is -2.28. The lowest BCUT2D eigenvalue weighted by molar-refractivity contribution is -0.385. The lowest BCUT2D eigenvalue weighted by Crippen LogP contribution is -2.44. The van der Waals surface area contributed by atoms with Gasteiger partial charge in [-0.25, -0.2) is 4.39 Å². The van der Waals surface area contributed by atoms with E-state index in [4.69, 9.17) is 4.52 Å². The van der Waals surface area contributed by atoms with Crippen molar-refractivity contribution < 1.29 is 28.2 Å². The molecule has 5 rings (SSSR count). The topological polar surface area (TPSA) is 127 Å². The molecule has 0 aliphatic carbocycles. The van der Waals surface area contributed by atoms with Gasteiger partial charge in [-0.15, -0.1) is 0 Å². The molecule has 0 atom stereocenters. The Kier molecular flexibility index (Phi) is 4.73. The third-order valence-corrected chi connectivity index (χ3v) is 5.76. The molecule has 166 valence electrons. The van der Waals surface area contributed by atoms with Crippen molar-refractivity contribution >= 4 is 23.4 Å². The molecule has 2 aliphatic heterocycles. The molecular weight excluding hydrogens is 435 g/mol. The standard InChI is InChI=1S/C22H15FN4O6/c23-13-6-4-12(5-7-13)20-15-10-25(9-8-16(15)24-33-20)18(28)11-26-21(29)14-2-1-3-17(27(31)32)19(14)22(26)30/h1-7H,8-11H2. The molecule has 10 nitrogen and oxygen atoms in total. The SMILES string of the molecule is O=C(CN1C(=O)c2cccc([N+](=O)[O-])c2C1=O)N1CCc2noc(-c3ccc(F)cc3)c2C1. The van der Waals surface area contributed by atoms with Gasteiger partial charge in [-0.05, 0) is 30.3 Å². The molecule has 0 bridgehead atoms. The van der Waals surface area contributed by atoms with Crippen LogP contribution in [-0.4, -0.2) is 50.7 Å². The number of nitro benzene ring substituents is 1. The predicted molar refractivity (Wildman–Crippen MR) is 109 cm³/mol. The van der Waals surface area contributed by atoms with Crippen molar-refractivity contribution in [3.8, 4) is 11.3 Å². The zero-order valence-corrected chi connectivity index (χ0v) is 17.0. The second-order valence-corrected chi connectivity index (χ2v) is 7.66. The molecule has 0 unspecified atom stereocenters. The smallest absolute Gasteiger partial charge is 0.282 e. The van der Waals surface area contributed by atoms with Crippen LogP contribution >= 0.6 is 0 Å². The summed E-state index contributed by atoms with van der Waals surface area (Å²) in [7, 11) is 0. The van der Waals surface area contributed by atoms with E-state index in [1.807, 2.05) is 0 Å². The monoisotopic (exact) mass is 450 g/mol. The number of hydrogen-bond donors (Lipinski definition) is 0. The Morgan fingerprint density at radius 3 is 2.64 bits per heavy atom. The van der Waals surface area contributed by atoms with E-state index in [-0.39, 0.29) is 17.7 Å². The molecule has 0 radical (unpaired) electrons. The summed E-state index contributed by atoms with van der Waals surface area (Å²) in [5.74, 6) is -2.10. The van der Waals surface area contributed by atoms with Crippen molar-refractivity contribution in [3.05, 3.63) is 80.8 Å². The summed E-state index contributed by atoms with van der Waals surface area (Å²) in [6.07, 6.45) is 0.402. The van der Waals surface area contributed by atoms with Gasteiger partial charge >= 0.3 is 0 Å². The van der Waals surface area contributed by atoms with Crippen LogP contribution in [0.3, 0.4) is 0 Å². The van der Waals surface area contributed by atoms with E-state index in [9.17, 15) is 28.9 Å². The van der Waals surface area contributed by atoms with Crippen LogP contribution in [0.15, 0.2) is 47.0 Å². The highest BCUT2D eigenvalue weighted by atomic mass is 19.1. The number of amides is 3. The van der Waals surface area contributed by atoms with Crippen LogP contribution in [0.1, 0.15) is 32.0 Å². The number of carbonyl (C=O) groups excluding carboxylic acids is 3. The molecule has 0 saturated carbocycles. The first-order valence-electron chi connectivity index (χ1n) is 10.00. The Morgan fingerprint density at radius 1 is 1.15 bits per heavy atom. The Morgan fingerprint density at radius 2 is 1.91 bits per heavy atom. The third kappa shape index (κ3) is 3.34. The number of fused-ring (bicyclic) bond motifs is 2. The summed E-state index contributed by atoms with van der Waals surface area (Å²) in [6.45, 7) is -0.117. The molecular formula is C22H15FN4O6. The van der Waals surface area contributed by atoms with Gasteiger partial charge in [0.2, 0.25) is 5.91 Å². The summed E-state index contributed by atoms with van der Waals surface area (Å²) in [4.78, 5) is 51.1. The largest absolute Gasteiger partial charge is 0.356 e. The summed E-state index contributed by atoms with van der Waals surface area (Å²) in [5, 5.41) is 15.3. The molecule has 11 heteroatoms. The number of benzene rings is 2. The molecule has 3 aromatic rings. The van der Waals surface area contributed by atoms with E-state index in [0.717, 1.165) is 11.0 Å².